The average molecular weight is 738 g/mol. The average Bonchev–Trinajstić information content (AvgIpc) is 3.82. The molecular formula is C52H32FNOS. The highest BCUT2D eigenvalue weighted by molar-refractivity contribution is 7.25. The highest BCUT2D eigenvalue weighted by Crippen LogP contribution is 2.45. The summed E-state index contributed by atoms with van der Waals surface area (Å²) in [6.07, 6.45) is 0. The lowest BCUT2D eigenvalue weighted by atomic mass is 9.91. The monoisotopic (exact) mass is 737 g/mol. The Morgan fingerprint density at radius 2 is 0.964 bits per heavy atom. The molecule has 9 aromatic carbocycles. The highest BCUT2D eigenvalue weighted by atomic mass is 32.1. The van der Waals surface area contributed by atoms with Crippen LogP contribution in [0.3, 0.4) is 0 Å². The topological polar surface area (TPSA) is 16.4 Å². The second kappa shape index (κ2) is 13.1. The van der Waals surface area contributed by atoms with Crippen LogP contribution in [-0.4, -0.2) is 0 Å². The summed E-state index contributed by atoms with van der Waals surface area (Å²) in [4.78, 5) is 2.33. The van der Waals surface area contributed by atoms with Gasteiger partial charge in [-0.05, 0) is 111 Å². The number of halogens is 1. The lowest BCUT2D eigenvalue weighted by Crippen LogP contribution is -2.10. The van der Waals surface area contributed by atoms with E-state index in [1.165, 1.54) is 37.9 Å². The van der Waals surface area contributed by atoms with Gasteiger partial charge in [-0.2, -0.15) is 0 Å². The summed E-state index contributed by atoms with van der Waals surface area (Å²) in [5, 5.41) is 7.02. The van der Waals surface area contributed by atoms with E-state index in [9.17, 15) is 4.39 Å². The van der Waals surface area contributed by atoms with E-state index in [-0.39, 0.29) is 5.82 Å². The van der Waals surface area contributed by atoms with Gasteiger partial charge in [0.25, 0.3) is 0 Å². The van der Waals surface area contributed by atoms with Gasteiger partial charge in [0.05, 0.1) is 0 Å². The molecule has 0 amide bonds. The van der Waals surface area contributed by atoms with Crippen LogP contribution in [0.25, 0.3) is 86.3 Å². The van der Waals surface area contributed by atoms with Crippen molar-refractivity contribution < 1.29 is 8.81 Å². The van der Waals surface area contributed by atoms with Gasteiger partial charge in [-0.1, -0.05) is 121 Å². The molecule has 264 valence electrons. The summed E-state index contributed by atoms with van der Waals surface area (Å²) in [5.74, 6) is -0.243. The van der Waals surface area contributed by atoms with E-state index in [1.54, 1.807) is 0 Å². The maximum absolute atomic E-state index is 14.0. The highest BCUT2D eigenvalue weighted by Gasteiger charge is 2.19. The van der Waals surface area contributed by atoms with Crippen molar-refractivity contribution in [1.29, 1.82) is 0 Å². The smallest absolute Gasteiger partial charge is 0.137 e. The molecule has 11 aromatic rings. The fraction of sp³-hybridized carbons (Fsp3) is 0. The number of furan rings is 1. The van der Waals surface area contributed by atoms with Crippen molar-refractivity contribution in [2.24, 2.45) is 0 Å². The molecule has 0 unspecified atom stereocenters. The molecule has 0 aliphatic carbocycles. The van der Waals surface area contributed by atoms with E-state index in [4.69, 9.17) is 4.42 Å². The number of nitrogens with zero attached hydrogens (tertiary/aromatic N) is 1. The molecule has 0 spiro atoms. The maximum Gasteiger partial charge on any atom is 0.137 e. The molecule has 0 saturated heterocycles. The molecule has 11 rings (SSSR count). The van der Waals surface area contributed by atoms with E-state index in [2.05, 4.69) is 163 Å². The summed E-state index contributed by atoms with van der Waals surface area (Å²) in [7, 11) is 0. The molecule has 0 radical (unpaired) electrons. The molecule has 0 aliphatic heterocycles. The molecule has 56 heavy (non-hydrogen) atoms. The lowest BCUT2D eigenvalue weighted by molar-refractivity contribution is 0.628. The first-order valence-corrected chi connectivity index (χ1v) is 19.6. The fourth-order valence-corrected chi connectivity index (χ4v) is 9.52. The van der Waals surface area contributed by atoms with Gasteiger partial charge in [-0.3, -0.25) is 0 Å². The fourth-order valence-electron chi connectivity index (χ4n) is 8.39. The van der Waals surface area contributed by atoms with Crippen LogP contribution < -0.4 is 4.90 Å². The third-order valence-electron chi connectivity index (χ3n) is 10.9. The van der Waals surface area contributed by atoms with Gasteiger partial charge in [0.1, 0.15) is 17.0 Å². The molecule has 0 bridgehead atoms. The van der Waals surface area contributed by atoms with Crippen molar-refractivity contribution in [3.63, 3.8) is 0 Å². The summed E-state index contributed by atoms with van der Waals surface area (Å²) >= 11 is 1.84. The summed E-state index contributed by atoms with van der Waals surface area (Å²) in [6.45, 7) is 0. The number of hydrogen-bond acceptors (Lipinski definition) is 3. The van der Waals surface area contributed by atoms with E-state index in [1.807, 2.05) is 35.6 Å². The Kier molecular flexibility index (Phi) is 7.58. The zero-order valence-electron chi connectivity index (χ0n) is 30.1. The molecule has 0 aliphatic rings. The normalized spacial score (nSPS) is 11.7. The summed E-state index contributed by atoms with van der Waals surface area (Å²) < 4.78 is 23.0. The molecule has 4 heteroatoms. The molecule has 0 fully saturated rings. The molecule has 0 saturated carbocycles. The molecule has 2 nitrogen and oxygen atoms in total. The predicted molar refractivity (Wildman–Crippen MR) is 235 cm³/mol. The van der Waals surface area contributed by atoms with Crippen molar-refractivity contribution >= 4 is 81.3 Å². The summed E-state index contributed by atoms with van der Waals surface area (Å²) in [5.41, 5.74) is 11.4. The van der Waals surface area contributed by atoms with Crippen LogP contribution >= 0.6 is 11.3 Å². The number of fused-ring (bicyclic) bond motifs is 7. The Morgan fingerprint density at radius 3 is 1.71 bits per heavy atom. The summed E-state index contributed by atoms with van der Waals surface area (Å²) in [6, 6.07) is 67.3. The number of para-hydroxylation sites is 1. The SMILES string of the molecule is Fc1ccc(-c2cccc3cccc(-c4cccc(N(c5cccc(-c6cccc7sc8ccccc8c67)c5)c5ccc6c(c5)oc5ccccc56)c4)c23)cc1. The number of thiophene rings is 1. The van der Waals surface area contributed by atoms with Gasteiger partial charge < -0.3 is 9.32 Å². The van der Waals surface area contributed by atoms with Crippen LogP contribution in [0.5, 0.6) is 0 Å². The van der Waals surface area contributed by atoms with Crippen LogP contribution in [0.4, 0.5) is 21.5 Å². The Morgan fingerprint density at radius 1 is 0.393 bits per heavy atom. The van der Waals surface area contributed by atoms with E-state index in [0.717, 1.165) is 77.6 Å². The van der Waals surface area contributed by atoms with Gasteiger partial charge >= 0.3 is 0 Å². The minimum atomic E-state index is -0.243. The number of anilines is 3. The van der Waals surface area contributed by atoms with Crippen molar-refractivity contribution in [1.82, 2.24) is 0 Å². The molecule has 0 atom stereocenters. The quantitative estimate of drug-likeness (QED) is 0.169. The van der Waals surface area contributed by atoms with Gasteiger partial charge in [-0.15, -0.1) is 11.3 Å². The number of rotatable bonds is 6. The molecule has 0 N–H and O–H groups in total. The Balaban J connectivity index is 1.11. The molecule has 2 heterocycles. The van der Waals surface area contributed by atoms with Gasteiger partial charge in [-0.25, -0.2) is 4.39 Å². The van der Waals surface area contributed by atoms with Crippen LogP contribution in [0.1, 0.15) is 0 Å². The predicted octanol–water partition coefficient (Wildman–Crippen LogP) is 15.7. The zero-order chi connectivity index (χ0) is 37.2. The van der Waals surface area contributed by atoms with Crippen molar-refractivity contribution in [2.45, 2.75) is 0 Å². The first-order valence-electron chi connectivity index (χ1n) is 18.8. The second-order valence-electron chi connectivity index (χ2n) is 14.2. The second-order valence-corrected chi connectivity index (χ2v) is 15.3. The lowest BCUT2D eigenvalue weighted by Gasteiger charge is -2.27. The van der Waals surface area contributed by atoms with Crippen molar-refractivity contribution in [3.8, 4) is 33.4 Å². The third-order valence-corrected chi connectivity index (χ3v) is 12.0. The number of hydrogen-bond donors (Lipinski definition) is 0. The molecule has 2 aromatic heterocycles. The third kappa shape index (κ3) is 5.37. The standard InChI is InChI=1S/C52H32FNOS/c53-37-26-24-33(25-27-37)41-18-7-10-34-11-8-19-42(51(34)41)35-12-5-14-38(30-35)54(40-28-29-45-44-16-1-3-21-47(44)55-48(45)32-40)39-15-6-13-36(31-39)43-20-9-23-50-52(43)46-17-2-4-22-49(46)56-50/h1-32H. The van der Waals surface area contributed by atoms with E-state index < -0.39 is 0 Å². The van der Waals surface area contributed by atoms with Crippen LogP contribution in [-0.2, 0) is 0 Å². The minimum Gasteiger partial charge on any atom is -0.456 e. The Hall–Kier alpha value is -7.01. The van der Waals surface area contributed by atoms with E-state index >= 15 is 0 Å². The van der Waals surface area contributed by atoms with Crippen LogP contribution in [0, 0.1) is 5.82 Å². The number of benzene rings is 9. The van der Waals surface area contributed by atoms with Gasteiger partial charge in [0.15, 0.2) is 0 Å². The Bertz CT molecular complexity index is 3280. The minimum absolute atomic E-state index is 0.243. The van der Waals surface area contributed by atoms with Gasteiger partial charge in [0.2, 0.25) is 0 Å². The maximum atomic E-state index is 14.0. The van der Waals surface area contributed by atoms with Gasteiger partial charge in [0, 0.05) is 54.1 Å². The molecular weight excluding hydrogens is 706 g/mol. The van der Waals surface area contributed by atoms with Crippen molar-refractivity contribution in [3.05, 3.63) is 200 Å². The largest absolute Gasteiger partial charge is 0.456 e. The zero-order valence-corrected chi connectivity index (χ0v) is 30.9. The van der Waals surface area contributed by atoms with Crippen LogP contribution in [0.15, 0.2) is 199 Å². The van der Waals surface area contributed by atoms with E-state index in [0.29, 0.717) is 0 Å². The van der Waals surface area contributed by atoms with Crippen molar-refractivity contribution in [2.75, 3.05) is 4.90 Å². The van der Waals surface area contributed by atoms with Crippen LogP contribution in [0.2, 0.25) is 0 Å². The first kappa shape index (κ1) is 32.4. The first-order chi connectivity index (χ1) is 27.7. The Labute approximate surface area is 326 Å².